The number of hydrogen-bond donors (Lipinski definition) is 0. The quantitative estimate of drug-likeness (QED) is 0.517. The van der Waals surface area contributed by atoms with Crippen LogP contribution in [0.3, 0.4) is 0 Å². The van der Waals surface area contributed by atoms with Crippen molar-refractivity contribution in [2.24, 2.45) is 5.41 Å². The van der Waals surface area contributed by atoms with Crippen LogP contribution in [0.25, 0.3) is 0 Å². The summed E-state index contributed by atoms with van der Waals surface area (Å²) in [5.74, 6) is -2.41. The van der Waals surface area contributed by atoms with Gasteiger partial charge in [0.15, 0.2) is 0 Å². The zero-order valence-corrected chi connectivity index (χ0v) is 8.54. The minimum atomic E-state index is -2.41. The molecule has 1 aliphatic carbocycles. The molecule has 0 aromatic rings. The number of rotatable bonds is 4. The lowest BCUT2D eigenvalue weighted by atomic mass is 9.65. The van der Waals surface area contributed by atoms with E-state index in [9.17, 15) is 8.78 Å². The largest absolute Gasteiger partial charge is 0.249 e. The third-order valence-corrected chi connectivity index (χ3v) is 3.62. The van der Waals surface area contributed by atoms with Gasteiger partial charge in [0, 0.05) is 18.2 Å². The van der Waals surface area contributed by atoms with Gasteiger partial charge in [-0.25, -0.2) is 8.78 Å². The fourth-order valence-electron chi connectivity index (χ4n) is 1.79. The summed E-state index contributed by atoms with van der Waals surface area (Å²) in [7, 11) is 0. The zero-order valence-electron chi connectivity index (χ0n) is 6.95. The van der Waals surface area contributed by atoms with Gasteiger partial charge in [0.05, 0.1) is 0 Å². The van der Waals surface area contributed by atoms with Gasteiger partial charge >= 0.3 is 0 Å². The topological polar surface area (TPSA) is 0 Å². The van der Waals surface area contributed by atoms with Crippen molar-refractivity contribution in [3.05, 3.63) is 12.7 Å². The highest BCUT2D eigenvalue weighted by Gasteiger charge is 2.54. The zero-order chi connectivity index (χ0) is 9.24. The van der Waals surface area contributed by atoms with Crippen LogP contribution < -0.4 is 0 Å². The van der Waals surface area contributed by atoms with Crippen LogP contribution in [0.2, 0.25) is 0 Å². The first-order valence-electron chi connectivity index (χ1n) is 4.08. The third kappa shape index (κ3) is 2.06. The molecule has 3 heteroatoms. The Hall–Kier alpha value is 0.0800. The molecule has 1 rings (SSSR count). The molecule has 0 aliphatic heterocycles. The van der Waals surface area contributed by atoms with E-state index in [-0.39, 0.29) is 18.3 Å². The van der Waals surface area contributed by atoms with E-state index in [1.165, 1.54) is 0 Å². The highest BCUT2D eigenvalue weighted by molar-refractivity contribution is 9.09. The van der Waals surface area contributed by atoms with Gasteiger partial charge < -0.3 is 0 Å². The molecule has 0 atom stereocenters. The average Bonchev–Trinajstić information content (AvgIpc) is 1.96. The smallest absolute Gasteiger partial charge is 0.207 e. The van der Waals surface area contributed by atoms with E-state index in [4.69, 9.17) is 0 Å². The lowest BCUT2D eigenvalue weighted by Gasteiger charge is -2.46. The SMILES string of the molecule is C=CCCC1(CBr)CC(F)(F)C1. The molecular weight excluding hydrogens is 226 g/mol. The number of hydrogen-bond acceptors (Lipinski definition) is 0. The van der Waals surface area contributed by atoms with E-state index in [1.807, 2.05) is 0 Å². The molecule has 0 radical (unpaired) electrons. The molecule has 0 heterocycles. The van der Waals surface area contributed by atoms with E-state index < -0.39 is 5.92 Å². The number of allylic oxidation sites excluding steroid dienone is 1. The first-order chi connectivity index (χ1) is 5.54. The van der Waals surface area contributed by atoms with Crippen molar-refractivity contribution in [3.8, 4) is 0 Å². The lowest BCUT2D eigenvalue weighted by molar-refractivity contribution is -0.153. The molecule has 1 saturated carbocycles. The summed E-state index contributed by atoms with van der Waals surface area (Å²) in [6.07, 6.45) is 3.54. The summed E-state index contributed by atoms with van der Waals surface area (Å²) < 4.78 is 25.2. The molecule has 0 aromatic carbocycles. The van der Waals surface area contributed by atoms with E-state index in [1.54, 1.807) is 6.08 Å². The van der Waals surface area contributed by atoms with Crippen molar-refractivity contribution in [2.45, 2.75) is 31.6 Å². The van der Waals surface area contributed by atoms with Gasteiger partial charge in [0.25, 0.3) is 0 Å². The lowest BCUT2D eigenvalue weighted by Crippen LogP contribution is -2.47. The molecule has 0 spiro atoms. The van der Waals surface area contributed by atoms with Crippen LogP contribution in [0.1, 0.15) is 25.7 Å². The summed E-state index contributed by atoms with van der Waals surface area (Å²) in [5, 5.41) is 0.684. The maximum Gasteiger partial charge on any atom is 0.249 e. The maximum absolute atomic E-state index is 12.6. The highest BCUT2D eigenvalue weighted by Crippen LogP contribution is 2.55. The third-order valence-electron chi connectivity index (χ3n) is 2.43. The Bertz CT molecular complexity index is 169. The summed E-state index contributed by atoms with van der Waals surface area (Å²) in [4.78, 5) is 0. The Balaban J connectivity index is 2.41. The summed E-state index contributed by atoms with van der Waals surface area (Å²) in [6.45, 7) is 3.59. The van der Waals surface area contributed by atoms with Gasteiger partial charge in [-0.2, -0.15) is 0 Å². The minimum Gasteiger partial charge on any atom is -0.207 e. The predicted molar refractivity (Wildman–Crippen MR) is 49.8 cm³/mol. The van der Waals surface area contributed by atoms with E-state index in [2.05, 4.69) is 22.5 Å². The van der Waals surface area contributed by atoms with Crippen LogP contribution in [0.5, 0.6) is 0 Å². The highest BCUT2D eigenvalue weighted by atomic mass is 79.9. The molecule has 12 heavy (non-hydrogen) atoms. The van der Waals surface area contributed by atoms with Crippen LogP contribution in [0.4, 0.5) is 8.78 Å². The average molecular weight is 239 g/mol. The predicted octanol–water partition coefficient (Wildman–Crippen LogP) is 3.76. The Kier molecular flexibility index (Phi) is 2.92. The van der Waals surface area contributed by atoms with E-state index in [0.29, 0.717) is 5.33 Å². The normalized spacial score (nSPS) is 24.6. The molecule has 0 amide bonds. The monoisotopic (exact) mass is 238 g/mol. The van der Waals surface area contributed by atoms with Crippen LogP contribution >= 0.6 is 15.9 Å². The van der Waals surface area contributed by atoms with Crippen LogP contribution in [-0.4, -0.2) is 11.3 Å². The number of halogens is 3. The Labute approximate surface area is 80.2 Å². The molecule has 1 fully saturated rings. The second kappa shape index (κ2) is 3.44. The molecule has 0 saturated heterocycles. The molecule has 0 unspecified atom stereocenters. The van der Waals surface area contributed by atoms with Gasteiger partial charge in [-0.05, 0) is 18.3 Å². The molecule has 70 valence electrons. The van der Waals surface area contributed by atoms with Crippen molar-refractivity contribution in [1.29, 1.82) is 0 Å². The standard InChI is InChI=1S/C9H13BrF2/c1-2-3-4-8(7-10)5-9(11,12)6-8/h2H,1,3-7H2. The molecule has 0 nitrogen and oxygen atoms in total. The van der Waals surface area contributed by atoms with Crippen LogP contribution in [0, 0.1) is 5.41 Å². The minimum absolute atomic E-state index is 0.0408. The van der Waals surface area contributed by atoms with Crippen molar-refractivity contribution in [3.63, 3.8) is 0 Å². The summed E-state index contributed by atoms with van der Waals surface area (Å²) in [6, 6.07) is 0. The van der Waals surface area contributed by atoms with Gasteiger partial charge in [-0.15, -0.1) is 6.58 Å². The summed E-state index contributed by atoms with van der Waals surface area (Å²) in [5.41, 5.74) is -0.155. The molecular formula is C9H13BrF2. The van der Waals surface area contributed by atoms with Gasteiger partial charge in [0.2, 0.25) is 5.92 Å². The Morgan fingerprint density at radius 2 is 2.00 bits per heavy atom. The molecule has 1 aliphatic rings. The van der Waals surface area contributed by atoms with Crippen LogP contribution in [0.15, 0.2) is 12.7 Å². The second-order valence-corrected chi connectivity index (χ2v) is 4.23. The fourth-order valence-corrected chi connectivity index (χ4v) is 2.47. The molecule has 0 aromatic heterocycles. The van der Waals surface area contributed by atoms with Crippen molar-refractivity contribution in [1.82, 2.24) is 0 Å². The Morgan fingerprint density at radius 3 is 2.33 bits per heavy atom. The maximum atomic E-state index is 12.6. The van der Waals surface area contributed by atoms with Gasteiger partial charge in [-0.1, -0.05) is 22.0 Å². The first-order valence-corrected chi connectivity index (χ1v) is 5.20. The second-order valence-electron chi connectivity index (χ2n) is 3.67. The van der Waals surface area contributed by atoms with Crippen LogP contribution in [-0.2, 0) is 0 Å². The van der Waals surface area contributed by atoms with Crippen molar-refractivity contribution >= 4 is 15.9 Å². The van der Waals surface area contributed by atoms with Gasteiger partial charge in [-0.3, -0.25) is 0 Å². The number of alkyl halides is 3. The first kappa shape index (κ1) is 10.2. The van der Waals surface area contributed by atoms with E-state index >= 15 is 0 Å². The van der Waals surface area contributed by atoms with Crippen molar-refractivity contribution in [2.75, 3.05) is 5.33 Å². The van der Waals surface area contributed by atoms with Crippen molar-refractivity contribution < 1.29 is 8.78 Å². The Morgan fingerprint density at radius 1 is 1.42 bits per heavy atom. The van der Waals surface area contributed by atoms with E-state index in [0.717, 1.165) is 12.8 Å². The molecule has 0 N–H and O–H groups in total. The molecule has 0 bridgehead atoms. The fraction of sp³-hybridized carbons (Fsp3) is 0.778. The summed E-state index contributed by atoms with van der Waals surface area (Å²) >= 11 is 3.30. The van der Waals surface area contributed by atoms with Gasteiger partial charge in [0.1, 0.15) is 0 Å².